The van der Waals surface area contributed by atoms with Crippen molar-refractivity contribution in [2.75, 3.05) is 19.3 Å². The Morgan fingerprint density at radius 3 is 2.52 bits per heavy atom. The van der Waals surface area contributed by atoms with Gasteiger partial charge in [-0.3, -0.25) is 9.78 Å². The molecule has 0 bridgehead atoms. The van der Waals surface area contributed by atoms with E-state index in [9.17, 15) is 13.2 Å². The Morgan fingerprint density at radius 2 is 1.95 bits per heavy atom. The summed E-state index contributed by atoms with van der Waals surface area (Å²) in [4.78, 5) is 15.7. The van der Waals surface area contributed by atoms with Gasteiger partial charge in [0.05, 0.1) is 6.26 Å². The summed E-state index contributed by atoms with van der Waals surface area (Å²) in [6.45, 7) is 3.12. The molecule has 21 heavy (non-hydrogen) atoms. The van der Waals surface area contributed by atoms with Gasteiger partial charge in [-0.05, 0) is 24.1 Å². The summed E-state index contributed by atoms with van der Waals surface area (Å²) in [6.07, 6.45) is 6.39. The van der Waals surface area contributed by atoms with Crippen LogP contribution in [0, 0.1) is 0 Å². The molecule has 1 rings (SSSR count). The maximum absolute atomic E-state index is 11.8. The Balaban J connectivity index is 2.39. The van der Waals surface area contributed by atoms with E-state index in [-0.39, 0.29) is 18.9 Å². The van der Waals surface area contributed by atoms with Crippen molar-refractivity contribution in [3.8, 4) is 0 Å². The topological polar surface area (TPSA) is 79.4 Å². The molecule has 0 saturated carbocycles. The van der Waals surface area contributed by atoms with E-state index >= 15 is 0 Å². The minimum atomic E-state index is -3.25. The van der Waals surface area contributed by atoms with E-state index < -0.39 is 10.0 Å². The van der Waals surface area contributed by atoms with Gasteiger partial charge in [-0.25, -0.2) is 12.7 Å². The molecule has 7 heteroatoms. The van der Waals surface area contributed by atoms with Crippen molar-refractivity contribution in [3.63, 3.8) is 0 Å². The van der Waals surface area contributed by atoms with Crippen molar-refractivity contribution in [3.05, 3.63) is 30.1 Å². The lowest BCUT2D eigenvalue weighted by atomic mass is 10.2. The molecule has 0 radical (unpaired) electrons. The van der Waals surface area contributed by atoms with E-state index in [2.05, 4.69) is 10.3 Å². The average Bonchev–Trinajstić information content (AvgIpc) is 2.45. The van der Waals surface area contributed by atoms with E-state index in [0.29, 0.717) is 13.1 Å². The minimum Gasteiger partial charge on any atom is -0.352 e. The zero-order chi connectivity index (χ0) is 15.7. The molecule has 1 aromatic rings. The fourth-order valence-corrected chi connectivity index (χ4v) is 2.68. The predicted octanol–water partition coefficient (Wildman–Crippen LogP) is 1.15. The van der Waals surface area contributed by atoms with Crippen LogP contribution < -0.4 is 5.32 Å². The van der Waals surface area contributed by atoms with Gasteiger partial charge in [0, 0.05) is 38.4 Å². The second kappa shape index (κ2) is 8.74. The van der Waals surface area contributed by atoms with Gasteiger partial charge in [0.15, 0.2) is 0 Å². The molecule has 0 aliphatic carbocycles. The number of unbranched alkanes of at least 4 members (excludes halogenated alkanes) is 1. The van der Waals surface area contributed by atoms with E-state index in [1.165, 1.54) is 10.6 Å². The van der Waals surface area contributed by atoms with Crippen molar-refractivity contribution >= 4 is 15.9 Å². The first kappa shape index (κ1) is 17.6. The summed E-state index contributed by atoms with van der Waals surface area (Å²) in [5.41, 5.74) is 0.962. The van der Waals surface area contributed by atoms with Crippen LogP contribution in [0.4, 0.5) is 0 Å². The Hall–Kier alpha value is -1.47. The third-order valence-corrected chi connectivity index (χ3v) is 4.36. The van der Waals surface area contributed by atoms with E-state index in [0.717, 1.165) is 18.4 Å². The van der Waals surface area contributed by atoms with Gasteiger partial charge in [-0.2, -0.15) is 0 Å². The molecule has 0 aliphatic heterocycles. The molecule has 1 aromatic heterocycles. The molecular weight excluding hydrogens is 290 g/mol. The second-order valence-electron chi connectivity index (χ2n) is 4.90. The fraction of sp³-hybridized carbons (Fsp3) is 0.571. The molecule has 0 unspecified atom stereocenters. The van der Waals surface area contributed by atoms with Gasteiger partial charge in [0.1, 0.15) is 0 Å². The summed E-state index contributed by atoms with van der Waals surface area (Å²) in [7, 11) is -3.25. The monoisotopic (exact) mass is 313 g/mol. The van der Waals surface area contributed by atoms with Gasteiger partial charge < -0.3 is 5.32 Å². The van der Waals surface area contributed by atoms with Gasteiger partial charge in [-0.15, -0.1) is 0 Å². The lowest BCUT2D eigenvalue weighted by molar-refractivity contribution is -0.121. The number of rotatable bonds is 9. The highest BCUT2D eigenvalue weighted by molar-refractivity contribution is 7.88. The lowest BCUT2D eigenvalue weighted by Gasteiger charge is -2.19. The molecule has 0 spiro atoms. The van der Waals surface area contributed by atoms with Crippen LogP contribution in [0.5, 0.6) is 0 Å². The second-order valence-corrected chi connectivity index (χ2v) is 6.88. The third kappa shape index (κ3) is 7.19. The number of hydrogen-bond acceptors (Lipinski definition) is 4. The quantitative estimate of drug-likeness (QED) is 0.741. The van der Waals surface area contributed by atoms with Crippen LogP contribution in [0.15, 0.2) is 24.5 Å². The molecule has 6 nitrogen and oxygen atoms in total. The molecule has 0 aliphatic rings. The molecule has 1 N–H and O–H groups in total. The Kier molecular flexibility index (Phi) is 7.31. The zero-order valence-electron chi connectivity index (χ0n) is 12.6. The Bertz CT molecular complexity index is 532. The summed E-state index contributed by atoms with van der Waals surface area (Å²) in [5, 5.41) is 2.77. The van der Waals surface area contributed by atoms with Crippen molar-refractivity contribution in [2.24, 2.45) is 0 Å². The highest BCUT2D eigenvalue weighted by Crippen LogP contribution is 2.03. The first-order valence-electron chi connectivity index (χ1n) is 7.04. The van der Waals surface area contributed by atoms with Crippen LogP contribution in [0.2, 0.25) is 0 Å². The van der Waals surface area contributed by atoms with E-state index in [4.69, 9.17) is 0 Å². The highest BCUT2D eigenvalue weighted by atomic mass is 32.2. The number of nitrogens with zero attached hydrogens (tertiary/aromatic N) is 2. The lowest BCUT2D eigenvalue weighted by Crippen LogP contribution is -2.35. The van der Waals surface area contributed by atoms with Gasteiger partial charge >= 0.3 is 0 Å². The number of pyridine rings is 1. The fourth-order valence-electron chi connectivity index (χ4n) is 1.79. The largest absolute Gasteiger partial charge is 0.352 e. The third-order valence-electron chi connectivity index (χ3n) is 3.06. The summed E-state index contributed by atoms with van der Waals surface area (Å²) < 4.78 is 24.6. The molecule has 118 valence electrons. The highest BCUT2D eigenvalue weighted by Gasteiger charge is 2.16. The molecule has 1 amide bonds. The van der Waals surface area contributed by atoms with Gasteiger partial charge in [0.2, 0.25) is 15.9 Å². The van der Waals surface area contributed by atoms with Crippen LogP contribution in [0.3, 0.4) is 0 Å². The number of amides is 1. The SMILES string of the molecule is CCCCN(CCC(=O)NCc1ccncc1)S(C)(=O)=O. The minimum absolute atomic E-state index is 0.156. The van der Waals surface area contributed by atoms with Crippen LogP contribution in [0.25, 0.3) is 0 Å². The number of carbonyl (C=O) groups excluding carboxylic acids is 1. The molecule has 0 atom stereocenters. The summed E-state index contributed by atoms with van der Waals surface area (Å²) in [5.74, 6) is -0.156. The van der Waals surface area contributed by atoms with E-state index in [1.807, 2.05) is 19.1 Å². The first-order chi connectivity index (χ1) is 9.93. The van der Waals surface area contributed by atoms with Crippen molar-refractivity contribution in [1.29, 1.82) is 0 Å². The summed E-state index contributed by atoms with van der Waals surface area (Å²) >= 11 is 0. The first-order valence-corrected chi connectivity index (χ1v) is 8.89. The zero-order valence-corrected chi connectivity index (χ0v) is 13.4. The predicted molar refractivity (Wildman–Crippen MR) is 82.0 cm³/mol. The Labute approximate surface area is 126 Å². The van der Waals surface area contributed by atoms with Crippen LogP contribution in [-0.2, 0) is 21.4 Å². The van der Waals surface area contributed by atoms with Crippen molar-refractivity contribution < 1.29 is 13.2 Å². The smallest absolute Gasteiger partial charge is 0.221 e. The van der Waals surface area contributed by atoms with Crippen LogP contribution >= 0.6 is 0 Å². The summed E-state index contributed by atoms with van der Waals surface area (Å²) in [6, 6.07) is 3.65. The molecule has 0 aromatic carbocycles. The number of aromatic nitrogens is 1. The van der Waals surface area contributed by atoms with Crippen LogP contribution in [0.1, 0.15) is 31.7 Å². The standard InChI is InChI=1S/C14H23N3O3S/c1-3-4-10-17(21(2,19)20)11-7-14(18)16-12-13-5-8-15-9-6-13/h5-6,8-9H,3-4,7,10-12H2,1-2H3,(H,16,18). The molecular formula is C14H23N3O3S. The number of nitrogens with one attached hydrogen (secondary N) is 1. The van der Waals surface area contributed by atoms with Crippen LogP contribution in [-0.4, -0.2) is 43.0 Å². The van der Waals surface area contributed by atoms with Crippen molar-refractivity contribution in [1.82, 2.24) is 14.6 Å². The molecule has 1 heterocycles. The van der Waals surface area contributed by atoms with Gasteiger partial charge in [0.25, 0.3) is 0 Å². The number of carbonyl (C=O) groups is 1. The maximum atomic E-state index is 11.8. The molecule has 0 fully saturated rings. The number of sulfonamides is 1. The average molecular weight is 313 g/mol. The Morgan fingerprint density at radius 1 is 1.29 bits per heavy atom. The maximum Gasteiger partial charge on any atom is 0.221 e. The number of hydrogen-bond donors (Lipinski definition) is 1. The van der Waals surface area contributed by atoms with E-state index in [1.54, 1.807) is 12.4 Å². The molecule has 0 saturated heterocycles. The van der Waals surface area contributed by atoms with Gasteiger partial charge in [-0.1, -0.05) is 13.3 Å². The van der Waals surface area contributed by atoms with Crippen molar-refractivity contribution in [2.45, 2.75) is 32.7 Å². The normalized spacial score (nSPS) is 11.6.